The van der Waals surface area contributed by atoms with Crippen molar-refractivity contribution in [2.45, 2.75) is 12.8 Å². The third-order valence-corrected chi connectivity index (χ3v) is 2.66. The molecule has 0 radical (unpaired) electrons. The maximum Gasteiger partial charge on any atom is 0.00159 e. The van der Waals surface area contributed by atoms with Crippen molar-refractivity contribution in [3.05, 3.63) is 9.66 Å². The second-order valence-electron chi connectivity index (χ2n) is 2.57. The van der Waals surface area contributed by atoms with Crippen molar-refractivity contribution in [2.75, 3.05) is 20.1 Å². The van der Waals surface area contributed by atoms with Crippen LogP contribution in [0.15, 0.2) is 9.66 Å². The minimum atomic E-state index is 1.24. The molecule has 0 aromatic heterocycles. The molecule has 2 heteroatoms. The fraction of sp³-hybridized carbons (Fsp3) is 0.714. The molecule has 0 saturated carbocycles. The van der Waals surface area contributed by atoms with Gasteiger partial charge in [-0.05, 0) is 24.0 Å². The van der Waals surface area contributed by atoms with Crippen molar-refractivity contribution < 1.29 is 0 Å². The molecule has 0 N–H and O–H groups in total. The average Bonchev–Trinajstić information content (AvgIpc) is 1.90. The third-order valence-electron chi connectivity index (χ3n) is 1.78. The van der Waals surface area contributed by atoms with Gasteiger partial charge >= 0.3 is 0 Å². The van der Waals surface area contributed by atoms with Crippen molar-refractivity contribution in [3.63, 3.8) is 0 Å². The Morgan fingerprint density at radius 3 is 2.44 bits per heavy atom. The highest BCUT2D eigenvalue weighted by Crippen LogP contribution is 2.15. The Morgan fingerprint density at radius 1 is 1.44 bits per heavy atom. The summed E-state index contributed by atoms with van der Waals surface area (Å²) in [5, 5.41) is 0. The lowest BCUT2D eigenvalue weighted by atomic mass is 10.1. The highest BCUT2D eigenvalue weighted by atomic mass is 127. The Labute approximate surface area is 70.3 Å². The van der Waals surface area contributed by atoms with E-state index in [-0.39, 0.29) is 0 Å². The summed E-state index contributed by atoms with van der Waals surface area (Å²) in [5.41, 5.74) is 1.62. The SMILES string of the molecule is CN1CCC(=CI)CC1. The van der Waals surface area contributed by atoms with E-state index in [0.717, 1.165) is 0 Å². The van der Waals surface area contributed by atoms with Crippen molar-refractivity contribution in [1.29, 1.82) is 0 Å². The molecule has 9 heavy (non-hydrogen) atoms. The van der Waals surface area contributed by atoms with Gasteiger partial charge in [-0.2, -0.15) is 0 Å². The maximum absolute atomic E-state index is 2.38. The van der Waals surface area contributed by atoms with Gasteiger partial charge in [-0.15, -0.1) is 0 Å². The summed E-state index contributed by atoms with van der Waals surface area (Å²) in [6, 6.07) is 0. The predicted molar refractivity (Wildman–Crippen MR) is 48.8 cm³/mol. The van der Waals surface area contributed by atoms with Gasteiger partial charge in [-0.3, -0.25) is 0 Å². The van der Waals surface area contributed by atoms with Crippen LogP contribution in [0, 0.1) is 0 Å². The van der Waals surface area contributed by atoms with Crippen LogP contribution < -0.4 is 0 Å². The van der Waals surface area contributed by atoms with Crippen LogP contribution in [0.2, 0.25) is 0 Å². The maximum atomic E-state index is 2.38. The van der Waals surface area contributed by atoms with Crippen molar-refractivity contribution in [3.8, 4) is 0 Å². The highest BCUT2D eigenvalue weighted by molar-refractivity contribution is 14.1. The fourth-order valence-corrected chi connectivity index (χ4v) is 1.64. The molecule has 0 aliphatic carbocycles. The molecule has 1 fully saturated rings. The van der Waals surface area contributed by atoms with Crippen LogP contribution in [-0.4, -0.2) is 25.0 Å². The van der Waals surface area contributed by atoms with E-state index in [1.807, 2.05) is 0 Å². The molecule has 0 bridgehead atoms. The van der Waals surface area contributed by atoms with Crippen LogP contribution in [0.3, 0.4) is 0 Å². The van der Waals surface area contributed by atoms with Gasteiger partial charge in [0.1, 0.15) is 0 Å². The molecule has 0 spiro atoms. The van der Waals surface area contributed by atoms with Crippen LogP contribution >= 0.6 is 22.6 Å². The number of piperidine rings is 1. The van der Waals surface area contributed by atoms with E-state index < -0.39 is 0 Å². The molecule has 0 atom stereocenters. The molecule has 1 nitrogen and oxygen atoms in total. The number of hydrogen-bond acceptors (Lipinski definition) is 1. The minimum absolute atomic E-state index is 1.24. The lowest BCUT2D eigenvalue weighted by Crippen LogP contribution is -2.26. The van der Waals surface area contributed by atoms with Crippen molar-refractivity contribution in [2.24, 2.45) is 0 Å². The summed E-state index contributed by atoms with van der Waals surface area (Å²) in [7, 11) is 2.18. The highest BCUT2D eigenvalue weighted by Gasteiger charge is 2.07. The fourth-order valence-electron chi connectivity index (χ4n) is 1.01. The first-order chi connectivity index (χ1) is 4.33. The number of rotatable bonds is 0. The normalized spacial score (nSPS) is 22.2. The minimum Gasteiger partial charge on any atom is -0.306 e. The lowest BCUT2D eigenvalue weighted by molar-refractivity contribution is 0.313. The molecule has 1 aliphatic heterocycles. The Balaban J connectivity index is 2.35. The molecular formula is C7H12IN. The standard InChI is InChI=1S/C7H12IN/c1-9-4-2-7(6-8)3-5-9/h6H,2-5H2,1H3. The zero-order valence-electron chi connectivity index (χ0n) is 5.73. The predicted octanol–water partition coefficient (Wildman–Crippen LogP) is 2.03. The molecule has 0 aromatic rings. The van der Waals surface area contributed by atoms with Crippen LogP contribution in [0.25, 0.3) is 0 Å². The number of hydrogen-bond donors (Lipinski definition) is 0. The molecule has 1 heterocycles. The average molecular weight is 237 g/mol. The molecule has 1 aliphatic rings. The summed E-state index contributed by atoms with van der Waals surface area (Å²) in [5.74, 6) is 0. The zero-order chi connectivity index (χ0) is 6.69. The second kappa shape index (κ2) is 3.56. The van der Waals surface area contributed by atoms with E-state index in [2.05, 4.69) is 38.6 Å². The smallest absolute Gasteiger partial charge is 0.00159 e. The largest absolute Gasteiger partial charge is 0.306 e. The topological polar surface area (TPSA) is 3.24 Å². The lowest BCUT2D eigenvalue weighted by Gasteiger charge is -2.23. The number of nitrogens with zero attached hydrogens (tertiary/aromatic N) is 1. The second-order valence-corrected chi connectivity index (χ2v) is 3.19. The van der Waals surface area contributed by atoms with E-state index in [9.17, 15) is 0 Å². The van der Waals surface area contributed by atoms with Gasteiger partial charge in [0.05, 0.1) is 0 Å². The Bertz CT molecular complexity index is 110. The molecule has 0 aromatic carbocycles. The summed E-state index contributed by atoms with van der Waals surface area (Å²) < 4.78 is 2.23. The van der Waals surface area contributed by atoms with Gasteiger partial charge in [0, 0.05) is 13.1 Å². The van der Waals surface area contributed by atoms with Crippen LogP contribution in [-0.2, 0) is 0 Å². The molecule has 1 rings (SSSR count). The Morgan fingerprint density at radius 2 is 2.00 bits per heavy atom. The monoisotopic (exact) mass is 237 g/mol. The Kier molecular flexibility index (Phi) is 2.98. The Hall–Kier alpha value is 0.430. The zero-order valence-corrected chi connectivity index (χ0v) is 7.89. The van der Waals surface area contributed by atoms with Gasteiger partial charge in [0.25, 0.3) is 0 Å². The molecule has 52 valence electrons. The molecular weight excluding hydrogens is 225 g/mol. The summed E-state index contributed by atoms with van der Waals surface area (Å²) in [4.78, 5) is 2.38. The van der Waals surface area contributed by atoms with E-state index in [1.165, 1.54) is 25.9 Å². The van der Waals surface area contributed by atoms with Gasteiger partial charge in [-0.25, -0.2) is 0 Å². The third kappa shape index (κ3) is 2.26. The summed E-state index contributed by atoms with van der Waals surface area (Å²) in [6.07, 6.45) is 2.55. The van der Waals surface area contributed by atoms with Crippen LogP contribution in [0.4, 0.5) is 0 Å². The van der Waals surface area contributed by atoms with Gasteiger partial charge < -0.3 is 4.90 Å². The van der Waals surface area contributed by atoms with Crippen LogP contribution in [0.1, 0.15) is 12.8 Å². The van der Waals surface area contributed by atoms with E-state index in [0.29, 0.717) is 0 Å². The molecule has 1 saturated heterocycles. The quantitative estimate of drug-likeness (QED) is 0.582. The van der Waals surface area contributed by atoms with E-state index in [4.69, 9.17) is 0 Å². The molecule has 0 unspecified atom stereocenters. The van der Waals surface area contributed by atoms with Crippen molar-refractivity contribution in [1.82, 2.24) is 4.90 Å². The first-order valence-electron chi connectivity index (χ1n) is 3.29. The van der Waals surface area contributed by atoms with E-state index >= 15 is 0 Å². The molecule has 0 amide bonds. The van der Waals surface area contributed by atoms with Gasteiger partial charge in [-0.1, -0.05) is 28.2 Å². The summed E-state index contributed by atoms with van der Waals surface area (Å²) >= 11 is 2.33. The van der Waals surface area contributed by atoms with Gasteiger partial charge in [0.15, 0.2) is 0 Å². The van der Waals surface area contributed by atoms with Crippen molar-refractivity contribution >= 4 is 22.6 Å². The van der Waals surface area contributed by atoms with E-state index in [1.54, 1.807) is 5.57 Å². The van der Waals surface area contributed by atoms with Crippen LogP contribution in [0.5, 0.6) is 0 Å². The van der Waals surface area contributed by atoms with Gasteiger partial charge in [0.2, 0.25) is 0 Å². The number of halogens is 1. The first kappa shape index (κ1) is 7.54. The first-order valence-corrected chi connectivity index (χ1v) is 4.54. The summed E-state index contributed by atoms with van der Waals surface area (Å²) in [6.45, 7) is 2.49. The number of likely N-dealkylation sites (tertiary alicyclic amines) is 1.